The highest BCUT2D eigenvalue weighted by molar-refractivity contribution is 5.65. The normalized spacial score (nSPS) is 28.2. The zero-order valence-electron chi connectivity index (χ0n) is 6.16. The summed E-state index contributed by atoms with van der Waals surface area (Å²) in [6.07, 6.45) is -1.98. The van der Waals surface area contributed by atoms with Gasteiger partial charge in [0.15, 0.2) is 0 Å². The molecular weight excluding hydrogens is 164 g/mol. The van der Waals surface area contributed by atoms with Gasteiger partial charge in [-0.2, -0.15) is 0 Å². The number of nitrogens with zero attached hydrogens (tertiary/aromatic N) is 4. The van der Waals surface area contributed by atoms with Crippen LogP contribution in [-0.2, 0) is 0 Å². The van der Waals surface area contributed by atoms with E-state index in [0.717, 1.165) is 4.90 Å². The molecule has 1 amide bonds. The van der Waals surface area contributed by atoms with Gasteiger partial charge in [0.05, 0.1) is 18.7 Å². The van der Waals surface area contributed by atoms with Crippen LogP contribution in [-0.4, -0.2) is 46.4 Å². The molecule has 1 rings (SSSR count). The Morgan fingerprint density at radius 2 is 2.33 bits per heavy atom. The number of β-amino-alcohol motifs (C(OH)–C–C–N with tert-alkyl or cyclic N) is 1. The summed E-state index contributed by atoms with van der Waals surface area (Å²) in [6.45, 7) is 0.0829. The van der Waals surface area contributed by atoms with Crippen LogP contribution >= 0.6 is 0 Å². The van der Waals surface area contributed by atoms with E-state index < -0.39 is 18.2 Å². The molecule has 1 aliphatic heterocycles. The number of hydrogen-bond acceptors (Lipinski definition) is 3. The van der Waals surface area contributed by atoms with Gasteiger partial charge in [-0.25, -0.2) is 4.79 Å². The lowest BCUT2D eigenvalue weighted by Crippen LogP contribution is -2.27. The Labute approximate surface area is 67.8 Å². The van der Waals surface area contributed by atoms with Crippen molar-refractivity contribution in [2.45, 2.75) is 12.1 Å². The average Bonchev–Trinajstić information content (AvgIpc) is 2.34. The van der Waals surface area contributed by atoms with Crippen molar-refractivity contribution < 1.29 is 15.0 Å². The maximum Gasteiger partial charge on any atom is 0.407 e. The Morgan fingerprint density at radius 3 is 2.75 bits per heavy atom. The molecule has 0 spiro atoms. The lowest BCUT2D eigenvalue weighted by molar-refractivity contribution is 0.138. The fourth-order valence-electron chi connectivity index (χ4n) is 1.11. The summed E-state index contributed by atoms with van der Waals surface area (Å²) in [4.78, 5) is 13.9. The fraction of sp³-hybridized carbons (Fsp3) is 0.800. The van der Waals surface area contributed by atoms with Crippen LogP contribution in [0.4, 0.5) is 4.79 Å². The molecule has 0 radical (unpaired) electrons. The van der Waals surface area contributed by atoms with Crippen molar-refractivity contribution in [1.29, 1.82) is 0 Å². The monoisotopic (exact) mass is 172 g/mol. The van der Waals surface area contributed by atoms with Gasteiger partial charge in [-0.3, -0.25) is 0 Å². The van der Waals surface area contributed by atoms with Crippen molar-refractivity contribution in [3.63, 3.8) is 0 Å². The third-order valence-corrected chi connectivity index (χ3v) is 1.73. The quantitative estimate of drug-likeness (QED) is 0.330. The van der Waals surface area contributed by atoms with Crippen LogP contribution in [0.3, 0.4) is 0 Å². The minimum Gasteiger partial charge on any atom is -0.465 e. The van der Waals surface area contributed by atoms with E-state index in [4.69, 9.17) is 15.7 Å². The molecule has 0 bridgehead atoms. The van der Waals surface area contributed by atoms with Crippen LogP contribution in [0, 0.1) is 0 Å². The first-order chi connectivity index (χ1) is 5.65. The van der Waals surface area contributed by atoms with E-state index in [-0.39, 0.29) is 13.1 Å². The maximum atomic E-state index is 10.4. The second-order valence-corrected chi connectivity index (χ2v) is 2.53. The van der Waals surface area contributed by atoms with E-state index in [1.54, 1.807) is 0 Å². The molecule has 2 N–H and O–H groups in total. The summed E-state index contributed by atoms with van der Waals surface area (Å²) >= 11 is 0. The SMILES string of the molecule is [N-]=[N+]=N[C@@H]1CN(C(=O)O)C[C@H]1O. The molecule has 66 valence electrons. The second-order valence-electron chi connectivity index (χ2n) is 2.53. The molecule has 2 atom stereocenters. The van der Waals surface area contributed by atoms with Crippen molar-refractivity contribution in [3.8, 4) is 0 Å². The number of likely N-dealkylation sites (tertiary alicyclic amines) is 1. The maximum absolute atomic E-state index is 10.4. The smallest absolute Gasteiger partial charge is 0.407 e. The van der Waals surface area contributed by atoms with Crippen LogP contribution in [0.25, 0.3) is 10.4 Å². The molecule has 0 aromatic carbocycles. The molecule has 0 unspecified atom stereocenters. The topological polar surface area (TPSA) is 110 Å². The van der Waals surface area contributed by atoms with Crippen molar-refractivity contribution in [1.82, 2.24) is 4.90 Å². The molecule has 1 heterocycles. The van der Waals surface area contributed by atoms with Crippen molar-refractivity contribution >= 4 is 6.09 Å². The molecular formula is C5H8N4O3. The molecule has 1 aliphatic rings. The largest absolute Gasteiger partial charge is 0.465 e. The summed E-state index contributed by atoms with van der Waals surface area (Å²) in [7, 11) is 0. The lowest BCUT2D eigenvalue weighted by atomic mass is 10.2. The Bertz CT molecular complexity index is 237. The Balaban J connectivity index is 2.61. The van der Waals surface area contributed by atoms with Gasteiger partial charge in [-0.05, 0) is 5.53 Å². The number of carboxylic acid groups (broad SMARTS) is 1. The Hall–Kier alpha value is -1.46. The van der Waals surface area contributed by atoms with Gasteiger partial charge in [0.25, 0.3) is 0 Å². The van der Waals surface area contributed by atoms with Gasteiger partial charge in [0, 0.05) is 11.5 Å². The summed E-state index contributed by atoms with van der Waals surface area (Å²) in [5.41, 5.74) is 8.05. The average molecular weight is 172 g/mol. The van der Waals surface area contributed by atoms with Gasteiger partial charge in [-0.15, -0.1) is 0 Å². The van der Waals surface area contributed by atoms with E-state index in [9.17, 15) is 4.79 Å². The van der Waals surface area contributed by atoms with E-state index >= 15 is 0 Å². The highest BCUT2D eigenvalue weighted by Crippen LogP contribution is 2.13. The van der Waals surface area contributed by atoms with Crippen LogP contribution < -0.4 is 0 Å². The zero-order chi connectivity index (χ0) is 9.14. The summed E-state index contributed by atoms with van der Waals surface area (Å²) in [5.74, 6) is 0. The number of aliphatic hydroxyl groups excluding tert-OH is 1. The highest BCUT2D eigenvalue weighted by atomic mass is 16.4. The summed E-state index contributed by atoms with van der Waals surface area (Å²) in [6, 6.07) is -0.647. The van der Waals surface area contributed by atoms with Crippen LogP contribution in [0.2, 0.25) is 0 Å². The molecule has 0 aliphatic carbocycles. The van der Waals surface area contributed by atoms with Crippen molar-refractivity contribution in [3.05, 3.63) is 10.4 Å². The molecule has 7 heteroatoms. The van der Waals surface area contributed by atoms with Crippen LogP contribution in [0.5, 0.6) is 0 Å². The van der Waals surface area contributed by atoms with Crippen LogP contribution in [0.15, 0.2) is 5.11 Å². The minimum absolute atomic E-state index is 0.0129. The first-order valence-corrected chi connectivity index (χ1v) is 3.35. The number of aliphatic hydroxyl groups is 1. The van der Waals surface area contributed by atoms with E-state index in [1.807, 2.05) is 0 Å². The molecule has 7 nitrogen and oxygen atoms in total. The third kappa shape index (κ3) is 1.58. The predicted molar refractivity (Wildman–Crippen MR) is 38.5 cm³/mol. The molecule has 12 heavy (non-hydrogen) atoms. The van der Waals surface area contributed by atoms with Gasteiger partial charge >= 0.3 is 6.09 Å². The molecule has 0 aromatic heterocycles. The fourth-order valence-corrected chi connectivity index (χ4v) is 1.11. The Morgan fingerprint density at radius 1 is 1.67 bits per heavy atom. The third-order valence-electron chi connectivity index (χ3n) is 1.73. The number of azide groups is 1. The number of carbonyl (C=O) groups is 1. The first-order valence-electron chi connectivity index (χ1n) is 3.35. The highest BCUT2D eigenvalue weighted by Gasteiger charge is 2.33. The zero-order valence-corrected chi connectivity index (χ0v) is 6.16. The van der Waals surface area contributed by atoms with Crippen molar-refractivity contribution in [2.24, 2.45) is 5.11 Å². The van der Waals surface area contributed by atoms with E-state index in [2.05, 4.69) is 10.0 Å². The molecule has 0 saturated carbocycles. The van der Waals surface area contributed by atoms with Crippen molar-refractivity contribution in [2.75, 3.05) is 13.1 Å². The minimum atomic E-state index is -1.11. The van der Waals surface area contributed by atoms with Gasteiger partial charge in [-0.1, -0.05) is 5.11 Å². The van der Waals surface area contributed by atoms with E-state index in [0.29, 0.717) is 0 Å². The molecule has 1 saturated heterocycles. The number of amides is 1. The first kappa shape index (κ1) is 8.63. The number of rotatable bonds is 1. The predicted octanol–water partition coefficient (Wildman–Crippen LogP) is 0.0198. The number of hydrogen-bond donors (Lipinski definition) is 2. The standard InChI is InChI=1S/C5H8N4O3/c6-8-7-3-1-9(5(11)12)2-4(3)10/h3-4,10H,1-2H2,(H,11,12)/t3-,4-/m1/s1. The van der Waals surface area contributed by atoms with Gasteiger partial charge in [0.2, 0.25) is 0 Å². The van der Waals surface area contributed by atoms with E-state index in [1.165, 1.54) is 0 Å². The molecule has 1 fully saturated rings. The van der Waals surface area contributed by atoms with Gasteiger partial charge in [0.1, 0.15) is 0 Å². The summed E-state index contributed by atoms with van der Waals surface area (Å²) in [5, 5.41) is 20.9. The lowest BCUT2D eigenvalue weighted by Gasteiger charge is -2.08. The summed E-state index contributed by atoms with van der Waals surface area (Å²) < 4.78 is 0. The Kier molecular flexibility index (Phi) is 2.37. The molecule has 0 aromatic rings. The van der Waals surface area contributed by atoms with Gasteiger partial charge < -0.3 is 15.1 Å². The second kappa shape index (κ2) is 3.29. The van der Waals surface area contributed by atoms with Crippen LogP contribution in [0.1, 0.15) is 0 Å².